The molecule has 0 N–H and O–H groups in total. The largest absolute Gasteiger partial charge is 0.493 e. The highest BCUT2D eigenvalue weighted by Gasteiger charge is 2.30. The Balaban J connectivity index is 1.99. The van der Waals surface area contributed by atoms with Crippen molar-refractivity contribution in [1.29, 1.82) is 0 Å². The van der Waals surface area contributed by atoms with Crippen molar-refractivity contribution in [2.24, 2.45) is 0 Å². The molecule has 0 amide bonds. The molecular formula is C18H20N2O6S. The van der Waals surface area contributed by atoms with Crippen molar-refractivity contribution < 1.29 is 22.8 Å². The number of hydrogen-bond donors (Lipinski definition) is 0. The minimum Gasteiger partial charge on any atom is -0.493 e. The smallest absolute Gasteiger partial charge is 0.312 e. The van der Waals surface area contributed by atoms with Gasteiger partial charge in [0.25, 0.3) is 0 Å². The Labute approximate surface area is 157 Å². The van der Waals surface area contributed by atoms with Crippen LogP contribution in [0.3, 0.4) is 0 Å². The molecule has 1 heterocycles. The van der Waals surface area contributed by atoms with Gasteiger partial charge in [-0.2, -0.15) is 4.31 Å². The van der Waals surface area contributed by atoms with Gasteiger partial charge in [-0.05, 0) is 49.6 Å². The third-order valence-electron chi connectivity index (χ3n) is 4.37. The average Bonchev–Trinajstić information content (AvgIpc) is 3.18. The normalized spacial score (nSPS) is 14.9. The molecule has 1 saturated heterocycles. The van der Waals surface area contributed by atoms with Crippen LogP contribution in [0.1, 0.15) is 18.4 Å². The number of rotatable bonds is 6. The van der Waals surface area contributed by atoms with Crippen LogP contribution in [-0.4, -0.2) is 37.8 Å². The summed E-state index contributed by atoms with van der Waals surface area (Å²) in [6.45, 7) is 2.73. The number of sulfonamides is 1. The van der Waals surface area contributed by atoms with Gasteiger partial charge >= 0.3 is 5.69 Å². The first-order chi connectivity index (χ1) is 12.8. The molecule has 0 saturated carbocycles. The lowest BCUT2D eigenvalue weighted by Gasteiger charge is -2.16. The minimum atomic E-state index is -3.75. The number of aryl methyl sites for hydroxylation is 1. The monoisotopic (exact) mass is 392 g/mol. The number of nitro groups is 1. The number of hydrogen-bond acceptors (Lipinski definition) is 6. The van der Waals surface area contributed by atoms with Gasteiger partial charge in [-0.25, -0.2) is 8.42 Å². The molecule has 9 heteroatoms. The van der Waals surface area contributed by atoms with E-state index >= 15 is 0 Å². The number of nitro benzene ring substituents is 1. The first-order valence-corrected chi connectivity index (χ1v) is 9.88. The van der Waals surface area contributed by atoms with Gasteiger partial charge in [0, 0.05) is 19.2 Å². The Kier molecular flexibility index (Phi) is 5.33. The maximum absolute atomic E-state index is 12.7. The van der Waals surface area contributed by atoms with E-state index in [-0.39, 0.29) is 10.6 Å². The van der Waals surface area contributed by atoms with E-state index in [1.54, 1.807) is 18.2 Å². The van der Waals surface area contributed by atoms with Gasteiger partial charge in [0.1, 0.15) is 0 Å². The molecule has 144 valence electrons. The summed E-state index contributed by atoms with van der Waals surface area (Å²) in [7, 11) is -2.28. The molecule has 0 aliphatic carbocycles. The van der Waals surface area contributed by atoms with E-state index in [2.05, 4.69) is 0 Å². The van der Waals surface area contributed by atoms with Crippen LogP contribution in [0.15, 0.2) is 41.3 Å². The fourth-order valence-electron chi connectivity index (χ4n) is 2.94. The Morgan fingerprint density at radius 3 is 2.33 bits per heavy atom. The van der Waals surface area contributed by atoms with Crippen LogP contribution in [0.25, 0.3) is 0 Å². The summed E-state index contributed by atoms with van der Waals surface area (Å²) in [6, 6.07) is 8.86. The molecule has 0 aromatic heterocycles. The topological polar surface area (TPSA) is 99.0 Å². The molecule has 1 aliphatic rings. The Morgan fingerprint density at radius 1 is 1.04 bits per heavy atom. The number of nitrogens with zero attached hydrogens (tertiary/aromatic N) is 2. The summed E-state index contributed by atoms with van der Waals surface area (Å²) < 4.78 is 37.6. The number of methoxy groups -OCH3 is 1. The molecule has 3 rings (SSSR count). The zero-order valence-electron chi connectivity index (χ0n) is 15.0. The zero-order valence-corrected chi connectivity index (χ0v) is 15.9. The van der Waals surface area contributed by atoms with Crippen molar-refractivity contribution in [2.75, 3.05) is 20.2 Å². The minimum absolute atomic E-state index is 0.0532. The van der Waals surface area contributed by atoms with E-state index < -0.39 is 20.6 Å². The van der Waals surface area contributed by atoms with Gasteiger partial charge < -0.3 is 9.47 Å². The third-order valence-corrected chi connectivity index (χ3v) is 6.26. The molecule has 0 unspecified atom stereocenters. The summed E-state index contributed by atoms with van der Waals surface area (Å²) in [5, 5.41) is 11.5. The van der Waals surface area contributed by atoms with E-state index in [9.17, 15) is 18.5 Å². The molecule has 0 atom stereocenters. The molecule has 1 fully saturated rings. The summed E-state index contributed by atoms with van der Waals surface area (Å²) >= 11 is 0. The molecule has 8 nitrogen and oxygen atoms in total. The molecule has 0 radical (unpaired) electrons. The predicted octanol–water partition coefficient (Wildman–Crippen LogP) is 3.49. The molecule has 0 bridgehead atoms. The Hall–Kier alpha value is -2.65. The third kappa shape index (κ3) is 3.88. The van der Waals surface area contributed by atoms with E-state index in [4.69, 9.17) is 9.47 Å². The van der Waals surface area contributed by atoms with E-state index in [1.807, 2.05) is 6.92 Å². The SMILES string of the molecule is COc1cc(C)ccc1Oc1ccc(S(=O)(=O)N2CCCC2)cc1[N+](=O)[O-]. The fraction of sp³-hybridized carbons (Fsp3) is 0.333. The maximum atomic E-state index is 12.7. The van der Waals surface area contributed by atoms with Crippen LogP contribution in [0.2, 0.25) is 0 Å². The molecule has 0 spiro atoms. The summed E-state index contributed by atoms with van der Waals surface area (Å²) in [4.78, 5) is 10.7. The van der Waals surface area contributed by atoms with Gasteiger partial charge in [0.2, 0.25) is 15.8 Å². The Morgan fingerprint density at radius 2 is 1.70 bits per heavy atom. The van der Waals surface area contributed by atoms with Crippen LogP contribution in [-0.2, 0) is 10.0 Å². The molecule has 2 aromatic rings. The number of benzene rings is 2. The molecule has 1 aliphatic heterocycles. The van der Waals surface area contributed by atoms with Gasteiger partial charge in [0.15, 0.2) is 11.5 Å². The highest BCUT2D eigenvalue weighted by atomic mass is 32.2. The van der Waals surface area contributed by atoms with Crippen LogP contribution >= 0.6 is 0 Å². The van der Waals surface area contributed by atoms with E-state index in [0.29, 0.717) is 24.6 Å². The second-order valence-corrected chi connectivity index (χ2v) is 8.19. The van der Waals surface area contributed by atoms with Crippen molar-refractivity contribution in [2.45, 2.75) is 24.7 Å². The standard InChI is InChI=1S/C18H20N2O6S/c1-13-5-7-17(18(11-13)25-2)26-16-8-6-14(12-15(16)20(21)22)27(23,24)19-9-3-4-10-19/h5-8,11-12H,3-4,9-10H2,1-2H3. The first kappa shape index (κ1) is 19.1. The van der Waals surface area contributed by atoms with Crippen LogP contribution in [0.5, 0.6) is 17.2 Å². The predicted molar refractivity (Wildman–Crippen MR) is 98.9 cm³/mol. The van der Waals surface area contributed by atoms with Gasteiger partial charge in [-0.1, -0.05) is 6.07 Å². The average molecular weight is 392 g/mol. The van der Waals surface area contributed by atoms with Crippen LogP contribution < -0.4 is 9.47 Å². The van der Waals surface area contributed by atoms with Crippen molar-refractivity contribution >= 4 is 15.7 Å². The molecule has 27 heavy (non-hydrogen) atoms. The van der Waals surface area contributed by atoms with Crippen molar-refractivity contribution in [3.05, 3.63) is 52.1 Å². The quantitative estimate of drug-likeness (QED) is 0.551. The van der Waals surface area contributed by atoms with Gasteiger partial charge in [-0.15, -0.1) is 0 Å². The second kappa shape index (κ2) is 7.53. The lowest BCUT2D eigenvalue weighted by molar-refractivity contribution is -0.385. The van der Waals surface area contributed by atoms with Crippen LogP contribution in [0.4, 0.5) is 5.69 Å². The lowest BCUT2D eigenvalue weighted by atomic mass is 10.2. The Bertz CT molecular complexity index is 968. The van der Waals surface area contributed by atoms with E-state index in [0.717, 1.165) is 24.5 Å². The van der Waals surface area contributed by atoms with Gasteiger partial charge in [-0.3, -0.25) is 10.1 Å². The van der Waals surface area contributed by atoms with Crippen LogP contribution in [0, 0.1) is 17.0 Å². The first-order valence-electron chi connectivity index (χ1n) is 8.44. The molecule has 2 aromatic carbocycles. The highest BCUT2D eigenvalue weighted by Crippen LogP contribution is 2.38. The summed E-state index contributed by atoms with van der Waals surface area (Å²) in [5.74, 6) is 0.682. The highest BCUT2D eigenvalue weighted by molar-refractivity contribution is 7.89. The van der Waals surface area contributed by atoms with Crippen molar-refractivity contribution in [3.8, 4) is 17.2 Å². The summed E-state index contributed by atoms with van der Waals surface area (Å²) in [6.07, 6.45) is 1.57. The maximum Gasteiger partial charge on any atom is 0.312 e. The fourth-order valence-corrected chi connectivity index (χ4v) is 4.48. The zero-order chi connectivity index (χ0) is 19.6. The summed E-state index contributed by atoms with van der Waals surface area (Å²) in [5.41, 5.74) is 0.527. The second-order valence-electron chi connectivity index (χ2n) is 6.25. The molecular weight excluding hydrogens is 372 g/mol. The number of ether oxygens (including phenoxy) is 2. The van der Waals surface area contributed by atoms with Crippen molar-refractivity contribution in [1.82, 2.24) is 4.31 Å². The lowest BCUT2D eigenvalue weighted by Crippen LogP contribution is -2.27. The van der Waals surface area contributed by atoms with Crippen molar-refractivity contribution in [3.63, 3.8) is 0 Å². The van der Waals surface area contributed by atoms with E-state index in [1.165, 1.54) is 23.5 Å². The van der Waals surface area contributed by atoms with Gasteiger partial charge in [0.05, 0.1) is 16.9 Å².